The fourth-order valence-corrected chi connectivity index (χ4v) is 5.30. The molecule has 0 aliphatic heterocycles. The van der Waals surface area contributed by atoms with Gasteiger partial charge in [-0.1, -0.05) is 11.6 Å². The van der Waals surface area contributed by atoms with Gasteiger partial charge >= 0.3 is 0 Å². The number of amides is 1. The summed E-state index contributed by atoms with van der Waals surface area (Å²) in [5, 5.41) is 19.7. The van der Waals surface area contributed by atoms with Gasteiger partial charge in [0.15, 0.2) is 0 Å². The summed E-state index contributed by atoms with van der Waals surface area (Å²) in [4.78, 5) is 13.0. The Kier molecular flexibility index (Phi) is 5.99. The van der Waals surface area contributed by atoms with Gasteiger partial charge in [-0.3, -0.25) is 9.48 Å². The molecule has 30 heavy (non-hydrogen) atoms. The van der Waals surface area contributed by atoms with E-state index in [1.54, 1.807) is 11.7 Å². The predicted octanol–water partition coefficient (Wildman–Crippen LogP) is 2.90. The summed E-state index contributed by atoms with van der Waals surface area (Å²) in [6, 6.07) is 4.50. The van der Waals surface area contributed by atoms with E-state index < -0.39 is 5.82 Å². The molecular formula is C21H27ClFN5O2. The molecule has 1 aromatic carbocycles. The van der Waals surface area contributed by atoms with Crippen LogP contribution in [0.25, 0.3) is 0 Å². The van der Waals surface area contributed by atoms with Gasteiger partial charge in [0, 0.05) is 31.2 Å². The number of fused-ring (bicyclic) bond motifs is 1. The number of nitrogen functional groups attached to an aromatic ring is 1. The summed E-state index contributed by atoms with van der Waals surface area (Å²) >= 11 is 5.83. The maximum absolute atomic E-state index is 13.4. The molecule has 1 amide bonds. The van der Waals surface area contributed by atoms with Gasteiger partial charge in [0.25, 0.3) is 5.91 Å². The number of nitrogens with two attached hydrogens (primary N) is 1. The average molecular weight is 436 g/mol. The van der Waals surface area contributed by atoms with Crippen molar-refractivity contribution in [1.29, 1.82) is 0 Å². The monoisotopic (exact) mass is 435 g/mol. The maximum Gasteiger partial charge on any atom is 0.261 e. The number of benzene rings is 1. The molecule has 2 aliphatic rings. The first kappa shape index (κ1) is 21.1. The molecule has 2 saturated carbocycles. The minimum Gasteiger partial charge on any atom is -0.395 e. The van der Waals surface area contributed by atoms with Crippen molar-refractivity contribution in [2.24, 2.45) is 18.9 Å². The van der Waals surface area contributed by atoms with E-state index in [4.69, 9.17) is 22.4 Å². The van der Waals surface area contributed by atoms with Gasteiger partial charge in [0.1, 0.15) is 17.2 Å². The van der Waals surface area contributed by atoms with Crippen LogP contribution in [0.1, 0.15) is 47.7 Å². The summed E-state index contributed by atoms with van der Waals surface area (Å²) in [7, 11) is 1.73. The number of rotatable bonds is 6. The molecule has 0 spiro atoms. The standard InChI is InChI=1S/C21H27ClFN5O2/c1-28-20(24)18(21(30)26-14-2-3-17(23)16(22)10-14)19(27-28)13-6-11-8-15(25-4-5-29)9-12(11)7-13/h2-3,10-13,15,25,29H,4-9,24H2,1H3,(H,26,30). The first-order valence-corrected chi connectivity index (χ1v) is 10.7. The third-order valence-corrected chi connectivity index (χ3v) is 6.76. The molecule has 2 atom stereocenters. The van der Waals surface area contributed by atoms with Crippen LogP contribution >= 0.6 is 11.6 Å². The SMILES string of the molecule is Cn1nc(C2CC3CC(NCCO)CC3C2)c(C(=O)Nc2ccc(F)c(Cl)c2)c1N. The van der Waals surface area contributed by atoms with Crippen molar-refractivity contribution in [3.8, 4) is 0 Å². The zero-order chi connectivity index (χ0) is 21.4. The van der Waals surface area contributed by atoms with Crippen LogP contribution in [-0.4, -0.2) is 40.0 Å². The van der Waals surface area contributed by atoms with E-state index in [0.29, 0.717) is 41.5 Å². The Morgan fingerprint density at radius 3 is 2.67 bits per heavy atom. The Hall–Kier alpha value is -2.16. The fourth-order valence-electron chi connectivity index (χ4n) is 5.12. The Bertz CT molecular complexity index is 936. The van der Waals surface area contributed by atoms with Gasteiger partial charge in [0.05, 0.1) is 17.3 Å². The number of carbonyl (C=O) groups excluding carboxylic acids is 1. The van der Waals surface area contributed by atoms with Crippen LogP contribution in [0.4, 0.5) is 15.9 Å². The van der Waals surface area contributed by atoms with Crippen molar-refractivity contribution in [1.82, 2.24) is 15.1 Å². The largest absolute Gasteiger partial charge is 0.395 e. The second-order valence-electron chi connectivity index (χ2n) is 8.39. The Morgan fingerprint density at radius 1 is 1.33 bits per heavy atom. The van der Waals surface area contributed by atoms with E-state index in [1.807, 2.05) is 0 Å². The highest BCUT2D eigenvalue weighted by Crippen LogP contribution is 2.51. The minimum atomic E-state index is -0.541. The van der Waals surface area contributed by atoms with Gasteiger partial charge in [-0.2, -0.15) is 5.10 Å². The van der Waals surface area contributed by atoms with Gasteiger partial charge < -0.3 is 21.5 Å². The van der Waals surface area contributed by atoms with Crippen LogP contribution < -0.4 is 16.4 Å². The molecule has 1 aromatic heterocycles. The summed E-state index contributed by atoms with van der Waals surface area (Å²) < 4.78 is 15.0. The Labute approximate surface area is 179 Å². The fraction of sp³-hybridized carbons (Fsp3) is 0.524. The second kappa shape index (κ2) is 8.53. The van der Waals surface area contributed by atoms with Crippen molar-refractivity contribution in [3.05, 3.63) is 40.3 Å². The van der Waals surface area contributed by atoms with Crippen LogP contribution in [0.15, 0.2) is 18.2 Å². The highest BCUT2D eigenvalue weighted by molar-refractivity contribution is 6.31. The van der Waals surface area contributed by atoms with Gasteiger partial charge in [0.2, 0.25) is 0 Å². The molecule has 9 heteroatoms. The molecule has 0 bridgehead atoms. The van der Waals surface area contributed by atoms with E-state index in [9.17, 15) is 9.18 Å². The summed E-state index contributed by atoms with van der Waals surface area (Å²) in [6.45, 7) is 0.779. The number of aliphatic hydroxyl groups excluding tert-OH is 1. The van der Waals surface area contributed by atoms with Crippen molar-refractivity contribution < 1.29 is 14.3 Å². The van der Waals surface area contributed by atoms with E-state index in [0.717, 1.165) is 31.4 Å². The number of hydrogen-bond acceptors (Lipinski definition) is 5. The molecule has 0 radical (unpaired) electrons. The topological polar surface area (TPSA) is 105 Å². The number of aryl methyl sites for hydroxylation is 1. The number of anilines is 2. The molecule has 2 aliphatic carbocycles. The van der Waals surface area contributed by atoms with Gasteiger partial charge in [-0.25, -0.2) is 4.39 Å². The number of aromatic nitrogens is 2. The number of nitrogens with one attached hydrogen (secondary N) is 2. The normalized spacial score (nSPS) is 25.5. The van der Waals surface area contributed by atoms with Crippen LogP contribution in [0.2, 0.25) is 5.02 Å². The number of aliphatic hydroxyl groups is 1. The van der Waals surface area contributed by atoms with E-state index in [1.165, 1.54) is 18.2 Å². The smallest absolute Gasteiger partial charge is 0.261 e. The van der Waals surface area contributed by atoms with Crippen LogP contribution in [0.3, 0.4) is 0 Å². The lowest BCUT2D eigenvalue weighted by atomic mass is 9.95. The van der Waals surface area contributed by atoms with Crippen molar-refractivity contribution >= 4 is 29.0 Å². The van der Waals surface area contributed by atoms with E-state index >= 15 is 0 Å². The Morgan fingerprint density at radius 2 is 2.03 bits per heavy atom. The average Bonchev–Trinajstić information content (AvgIpc) is 3.35. The predicted molar refractivity (Wildman–Crippen MR) is 114 cm³/mol. The van der Waals surface area contributed by atoms with E-state index in [-0.39, 0.29) is 23.5 Å². The van der Waals surface area contributed by atoms with Crippen LogP contribution in [-0.2, 0) is 7.05 Å². The summed E-state index contributed by atoms with van der Waals surface area (Å²) in [5.74, 6) is 0.760. The molecule has 7 nitrogen and oxygen atoms in total. The third kappa shape index (κ3) is 4.04. The first-order valence-electron chi connectivity index (χ1n) is 10.3. The highest BCUT2D eigenvalue weighted by Gasteiger charge is 2.44. The third-order valence-electron chi connectivity index (χ3n) is 6.47. The number of hydrogen-bond donors (Lipinski definition) is 4. The number of halogens is 2. The minimum absolute atomic E-state index is 0.0554. The molecule has 5 N–H and O–H groups in total. The van der Waals surface area contributed by atoms with Crippen LogP contribution in [0.5, 0.6) is 0 Å². The van der Waals surface area contributed by atoms with E-state index in [2.05, 4.69) is 15.7 Å². The number of nitrogens with zero attached hydrogens (tertiary/aromatic N) is 2. The Balaban J connectivity index is 1.50. The first-order chi connectivity index (χ1) is 14.4. The molecule has 2 aromatic rings. The van der Waals surface area contributed by atoms with Crippen molar-refractivity contribution in [3.63, 3.8) is 0 Å². The molecule has 2 unspecified atom stereocenters. The lowest BCUT2D eigenvalue weighted by Gasteiger charge is -2.16. The van der Waals surface area contributed by atoms with Crippen molar-refractivity contribution in [2.45, 2.75) is 37.6 Å². The van der Waals surface area contributed by atoms with Gasteiger partial charge in [-0.05, 0) is 55.7 Å². The molecular weight excluding hydrogens is 409 g/mol. The highest BCUT2D eigenvalue weighted by atomic mass is 35.5. The molecule has 2 fully saturated rings. The van der Waals surface area contributed by atoms with Crippen molar-refractivity contribution in [2.75, 3.05) is 24.2 Å². The summed E-state index contributed by atoms with van der Waals surface area (Å²) in [6.07, 6.45) is 4.11. The molecule has 162 valence electrons. The lowest BCUT2D eigenvalue weighted by Crippen LogP contribution is -2.29. The number of carbonyl (C=O) groups is 1. The quantitative estimate of drug-likeness (QED) is 0.558. The zero-order valence-corrected chi connectivity index (χ0v) is 17.6. The molecule has 1 heterocycles. The van der Waals surface area contributed by atoms with Gasteiger partial charge in [-0.15, -0.1) is 0 Å². The maximum atomic E-state index is 13.4. The lowest BCUT2D eigenvalue weighted by molar-refractivity contribution is 0.102. The molecule has 0 saturated heterocycles. The summed E-state index contributed by atoms with van der Waals surface area (Å²) in [5.41, 5.74) is 7.71. The zero-order valence-electron chi connectivity index (χ0n) is 16.9. The molecule has 4 rings (SSSR count). The van der Waals surface area contributed by atoms with Crippen LogP contribution in [0, 0.1) is 17.7 Å². The second-order valence-corrected chi connectivity index (χ2v) is 8.79.